The Hall–Kier alpha value is -0.440. The van der Waals surface area contributed by atoms with E-state index in [-0.39, 0.29) is 10.7 Å². The highest BCUT2D eigenvalue weighted by Gasteiger charge is 2.17. The van der Waals surface area contributed by atoms with E-state index in [9.17, 15) is 4.79 Å². The van der Waals surface area contributed by atoms with Crippen molar-refractivity contribution in [1.82, 2.24) is 0 Å². The van der Waals surface area contributed by atoms with E-state index in [2.05, 4.69) is 11.3 Å². The van der Waals surface area contributed by atoms with Crippen molar-refractivity contribution in [1.29, 1.82) is 0 Å². The normalized spacial score (nSPS) is 10.9. The van der Waals surface area contributed by atoms with Gasteiger partial charge >= 0.3 is 5.97 Å². The third kappa shape index (κ3) is 4.90. The van der Waals surface area contributed by atoms with Crippen LogP contribution in [0.1, 0.15) is 20.8 Å². The molecule has 0 aliphatic carbocycles. The summed E-state index contributed by atoms with van der Waals surface area (Å²) in [6.07, 6.45) is 0. The minimum absolute atomic E-state index is 0.0191. The molecule has 0 aliphatic heterocycles. The fourth-order valence-corrected chi connectivity index (χ4v) is 1.43. The molecular formula is C8H14O2S. The quantitative estimate of drug-likeness (QED) is 0.474. The summed E-state index contributed by atoms with van der Waals surface area (Å²) in [5.41, 5.74) is 0. The molecule has 2 nitrogen and oxygen atoms in total. The van der Waals surface area contributed by atoms with Gasteiger partial charge in [0.1, 0.15) is 0 Å². The topological polar surface area (TPSA) is 26.3 Å². The molecular weight excluding hydrogens is 160 g/mol. The highest BCUT2D eigenvalue weighted by Crippen LogP contribution is 2.30. The lowest BCUT2D eigenvalue weighted by atomic mass is 10.3. The fraction of sp³-hybridized carbons (Fsp3) is 0.625. The van der Waals surface area contributed by atoms with Crippen molar-refractivity contribution >= 4 is 17.7 Å². The van der Waals surface area contributed by atoms with Crippen LogP contribution in [0.5, 0.6) is 0 Å². The number of hydrogen-bond donors (Lipinski definition) is 0. The first-order valence-corrected chi connectivity index (χ1v) is 4.14. The van der Waals surface area contributed by atoms with E-state index in [0.717, 1.165) is 0 Å². The molecule has 11 heavy (non-hydrogen) atoms. The standard InChI is InChI=1S/C8H14O2S/c1-6(7(9)10-5)11-8(2,3)4/h1H2,2-5H3. The van der Waals surface area contributed by atoms with Gasteiger partial charge in [0, 0.05) is 4.75 Å². The second kappa shape index (κ2) is 3.81. The number of esters is 1. The van der Waals surface area contributed by atoms with E-state index in [1.165, 1.54) is 18.9 Å². The average Bonchev–Trinajstić information content (AvgIpc) is 1.82. The zero-order chi connectivity index (χ0) is 9.07. The number of carbonyl (C=O) groups is 1. The maximum atomic E-state index is 10.8. The Labute approximate surface area is 72.0 Å². The average molecular weight is 174 g/mol. The molecule has 0 aliphatic rings. The summed E-state index contributed by atoms with van der Waals surface area (Å²) in [6, 6.07) is 0. The van der Waals surface area contributed by atoms with Crippen LogP contribution in [0.3, 0.4) is 0 Å². The smallest absolute Gasteiger partial charge is 0.343 e. The molecule has 0 N–H and O–H groups in total. The first-order chi connectivity index (χ1) is 4.87. The zero-order valence-electron chi connectivity index (χ0n) is 7.43. The molecule has 0 bridgehead atoms. The van der Waals surface area contributed by atoms with Gasteiger partial charge < -0.3 is 4.74 Å². The van der Waals surface area contributed by atoms with E-state index in [1.54, 1.807) is 0 Å². The minimum Gasteiger partial charge on any atom is -0.465 e. The Morgan fingerprint density at radius 2 is 1.91 bits per heavy atom. The van der Waals surface area contributed by atoms with Crippen molar-refractivity contribution < 1.29 is 9.53 Å². The van der Waals surface area contributed by atoms with Gasteiger partial charge in [-0.2, -0.15) is 0 Å². The Bertz CT molecular complexity index is 167. The molecule has 0 saturated heterocycles. The Kier molecular flexibility index (Phi) is 3.66. The summed E-state index contributed by atoms with van der Waals surface area (Å²) in [5.74, 6) is -0.343. The predicted octanol–water partition coefficient (Wildman–Crippen LogP) is 2.20. The van der Waals surface area contributed by atoms with Gasteiger partial charge in [-0.1, -0.05) is 27.4 Å². The van der Waals surface area contributed by atoms with Crippen LogP contribution in [-0.4, -0.2) is 17.8 Å². The molecule has 0 saturated carbocycles. The third-order valence-electron chi connectivity index (χ3n) is 0.842. The third-order valence-corrected chi connectivity index (χ3v) is 1.87. The van der Waals surface area contributed by atoms with Gasteiger partial charge in [0.15, 0.2) is 0 Å². The molecule has 0 aromatic rings. The zero-order valence-corrected chi connectivity index (χ0v) is 8.25. The minimum atomic E-state index is -0.343. The number of hydrogen-bond acceptors (Lipinski definition) is 3. The Morgan fingerprint density at radius 3 is 2.18 bits per heavy atom. The van der Waals surface area contributed by atoms with E-state index in [1.807, 2.05) is 20.8 Å². The second-order valence-corrected chi connectivity index (χ2v) is 5.05. The van der Waals surface area contributed by atoms with Crippen molar-refractivity contribution in [3.8, 4) is 0 Å². The highest BCUT2D eigenvalue weighted by atomic mass is 32.2. The van der Waals surface area contributed by atoms with Gasteiger partial charge in [0.25, 0.3) is 0 Å². The SMILES string of the molecule is C=C(SC(C)(C)C)C(=O)OC. The first kappa shape index (κ1) is 10.6. The van der Waals surface area contributed by atoms with Crippen molar-refractivity contribution in [2.24, 2.45) is 0 Å². The maximum absolute atomic E-state index is 10.8. The summed E-state index contributed by atoms with van der Waals surface area (Å²) in [4.78, 5) is 11.3. The Balaban J connectivity index is 3.99. The largest absolute Gasteiger partial charge is 0.465 e. The van der Waals surface area contributed by atoms with Gasteiger partial charge in [-0.3, -0.25) is 0 Å². The summed E-state index contributed by atoms with van der Waals surface area (Å²) in [5, 5.41) is 0. The van der Waals surface area contributed by atoms with Crippen LogP contribution >= 0.6 is 11.8 Å². The molecule has 0 aromatic heterocycles. The van der Waals surface area contributed by atoms with Crippen molar-refractivity contribution in [2.75, 3.05) is 7.11 Å². The van der Waals surface area contributed by atoms with Crippen LogP contribution in [0.15, 0.2) is 11.5 Å². The molecule has 0 amide bonds. The molecule has 0 heterocycles. The van der Waals surface area contributed by atoms with Gasteiger partial charge in [-0.25, -0.2) is 4.79 Å². The molecule has 0 rings (SSSR count). The van der Waals surface area contributed by atoms with Crippen LogP contribution < -0.4 is 0 Å². The monoisotopic (exact) mass is 174 g/mol. The summed E-state index contributed by atoms with van der Waals surface area (Å²) in [6.45, 7) is 9.66. The van der Waals surface area contributed by atoms with Crippen molar-refractivity contribution in [2.45, 2.75) is 25.5 Å². The van der Waals surface area contributed by atoms with Crippen LogP contribution in [0.25, 0.3) is 0 Å². The van der Waals surface area contributed by atoms with Gasteiger partial charge in [0.05, 0.1) is 12.0 Å². The fourth-order valence-electron chi connectivity index (χ4n) is 0.525. The van der Waals surface area contributed by atoms with Crippen LogP contribution in [0.4, 0.5) is 0 Å². The lowest BCUT2D eigenvalue weighted by molar-refractivity contribution is -0.135. The van der Waals surface area contributed by atoms with Crippen LogP contribution in [-0.2, 0) is 9.53 Å². The second-order valence-electron chi connectivity index (χ2n) is 3.13. The number of ether oxygens (including phenoxy) is 1. The van der Waals surface area contributed by atoms with Gasteiger partial charge in [-0.15, -0.1) is 11.8 Å². The summed E-state index contributed by atoms with van der Waals surface area (Å²) in [7, 11) is 1.36. The molecule has 0 radical (unpaired) electrons. The first-order valence-electron chi connectivity index (χ1n) is 3.33. The number of carbonyl (C=O) groups excluding carboxylic acids is 1. The predicted molar refractivity (Wildman–Crippen MR) is 48.5 cm³/mol. The van der Waals surface area contributed by atoms with Crippen molar-refractivity contribution in [3.63, 3.8) is 0 Å². The molecule has 0 atom stereocenters. The molecule has 64 valence electrons. The number of rotatable bonds is 2. The van der Waals surface area contributed by atoms with E-state index < -0.39 is 0 Å². The van der Waals surface area contributed by atoms with E-state index in [0.29, 0.717) is 4.91 Å². The summed E-state index contributed by atoms with van der Waals surface area (Å²) < 4.78 is 4.52. The summed E-state index contributed by atoms with van der Waals surface area (Å²) >= 11 is 1.42. The van der Waals surface area contributed by atoms with E-state index >= 15 is 0 Å². The molecule has 0 fully saturated rings. The number of methoxy groups -OCH3 is 1. The highest BCUT2D eigenvalue weighted by molar-refractivity contribution is 8.05. The van der Waals surface area contributed by atoms with Gasteiger partial charge in [-0.05, 0) is 0 Å². The number of thioether (sulfide) groups is 1. The Morgan fingerprint density at radius 1 is 1.45 bits per heavy atom. The van der Waals surface area contributed by atoms with Gasteiger partial charge in [0.2, 0.25) is 0 Å². The lowest BCUT2D eigenvalue weighted by Gasteiger charge is -2.17. The van der Waals surface area contributed by atoms with Crippen LogP contribution in [0, 0.1) is 0 Å². The molecule has 3 heteroatoms. The van der Waals surface area contributed by atoms with E-state index in [4.69, 9.17) is 0 Å². The van der Waals surface area contributed by atoms with Crippen LogP contribution in [0.2, 0.25) is 0 Å². The molecule has 0 unspecified atom stereocenters. The molecule has 0 aromatic carbocycles. The maximum Gasteiger partial charge on any atom is 0.343 e. The lowest BCUT2D eigenvalue weighted by Crippen LogP contribution is -2.11. The molecule has 0 spiro atoms. The van der Waals surface area contributed by atoms with Crippen molar-refractivity contribution in [3.05, 3.63) is 11.5 Å².